The molecule has 0 saturated carbocycles. The molecule has 1 saturated heterocycles. The maximum Gasteiger partial charge on any atom is 0.264 e. The van der Waals surface area contributed by atoms with E-state index in [0.717, 1.165) is 30.9 Å². The summed E-state index contributed by atoms with van der Waals surface area (Å²) in [5.74, 6) is -0.278. The first kappa shape index (κ1) is 17.9. The van der Waals surface area contributed by atoms with E-state index in [1.54, 1.807) is 24.3 Å². The van der Waals surface area contributed by atoms with Crippen molar-refractivity contribution in [2.24, 2.45) is 0 Å². The Morgan fingerprint density at radius 2 is 1.56 bits per heavy atom. The number of imide groups is 1. The topological polar surface area (TPSA) is 60.9 Å². The number of benzene rings is 1. The molecule has 0 bridgehead atoms. The molecule has 2 aliphatic heterocycles. The molecule has 0 aliphatic carbocycles. The fourth-order valence-corrected chi connectivity index (χ4v) is 4.32. The van der Waals surface area contributed by atoms with Gasteiger partial charge in [0, 0.05) is 32.7 Å². The Morgan fingerprint density at radius 3 is 2.15 bits per heavy atom. The summed E-state index contributed by atoms with van der Waals surface area (Å²) in [7, 11) is 0. The van der Waals surface area contributed by atoms with Crippen LogP contribution in [0.2, 0.25) is 0 Å². The fraction of sp³-hybridized carbons (Fsp3) is 0.350. The first-order chi connectivity index (χ1) is 13.1. The molecule has 0 spiro atoms. The number of carbonyl (C=O) groups excluding carboxylic acids is 3. The van der Waals surface area contributed by atoms with Crippen LogP contribution in [0.3, 0.4) is 0 Å². The molecule has 0 unspecified atom stereocenters. The Kier molecular flexibility index (Phi) is 5.05. The Morgan fingerprint density at radius 1 is 0.889 bits per heavy atom. The van der Waals surface area contributed by atoms with E-state index in [1.807, 2.05) is 22.4 Å². The monoisotopic (exact) mass is 383 g/mol. The summed E-state index contributed by atoms with van der Waals surface area (Å²) in [5.41, 5.74) is 1.01. The standard InChI is InChI=1S/C20H21N3O3S/c24-18-15-5-1-2-6-16(15)19(25)23(18)9-4-8-21-10-12-22(13-11-21)20(26)17-7-3-14-27-17/h1-3,5-7,14H,4,8-13H2. The molecular weight excluding hydrogens is 362 g/mol. The molecule has 27 heavy (non-hydrogen) atoms. The van der Waals surface area contributed by atoms with Crippen molar-refractivity contribution in [1.29, 1.82) is 0 Å². The molecule has 1 aromatic heterocycles. The van der Waals surface area contributed by atoms with E-state index in [2.05, 4.69) is 4.90 Å². The third-order valence-electron chi connectivity index (χ3n) is 5.13. The highest BCUT2D eigenvalue weighted by atomic mass is 32.1. The summed E-state index contributed by atoms with van der Waals surface area (Å²) in [6.45, 7) is 4.31. The van der Waals surface area contributed by atoms with Gasteiger partial charge in [-0.15, -0.1) is 11.3 Å². The molecule has 6 nitrogen and oxygen atoms in total. The second-order valence-corrected chi connectivity index (χ2v) is 7.72. The van der Waals surface area contributed by atoms with Gasteiger partial charge in [0.2, 0.25) is 0 Å². The molecular formula is C20H21N3O3S. The van der Waals surface area contributed by atoms with Gasteiger partial charge < -0.3 is 4.90 Å². The summed E-state index contributed by atoms with van der Waals surface area (Å²) in [6.07, 6.45) is 0.740. The summed E-state index contributed by atoms with van der Waals surface area (Å²) in [5, 5.41) is 1.92. The van der Waals surface area contributed by atoms with Crippen molar-refractivity contribution in [3.05, 3.63) is 57.8 Å². The molecule has 4 rings (SSSR count). The number of nitrogens with zero attached hydrogens (tertiary/aromatic N) is 3. The number of fused-ring (bicyclic) bond motifs is 1. The lowest BCUT2D eigenvalue weighted by Crippen LogP contribution is -2.49. The number of hydrogen-bond donors (Lipinski definition) is 0. The van der Waals surface area contributed by atoms with Crippen LogP contribution < -0.4 is 0 Å². The van der Waals surface area contributed by atoms with Gasteiger partial charge in [-0.3, -0.25) is 24.2 Å². The number of amides is 3. The summed E-state index contributed by atoms with van der Waals surface area (Å²) in [4.78, 5) is 43.4. The highest BCUT2D eigenvalue weighted by Crippen LogP contribution is 2.22. The molecule has 140 valence electrons. The lowest BCUT2D eigenvalue weighted by Gasteiger charge is -2.34. The van der Waals surface area contributed by atoms with Gasteiger partial charge in [0.1, 0.15) is 0 Å². The van der Waals surface area contributed by atoms with Crippen molar-refractivity contribution in [2.75, 3.05) is 39.3 Å². The Labute approximate surface area is 162 Å². The van der Waals surface area contributed by atoms with Gasteiger partial charge >= 0.3 is 0 Å². The minimum Gasteiger partial charge on any atom is -0.335 e. The van der Waals surface area contributed by atoms with Crippen molar-refractivity contribution in [3.63, 3.8) is 0 Å². The van der Waals surface area contributed by atoms with Gasteiger partial charge in [0.15, 0.2) is 0 Å². The smallest absolute Gasteiger partial charge is 0.264 e. The van der Waals surface area contributed by atoms with Crippen molar-refractivity contribution in [3.8, 4) is 0 Å². The molecule has 3 heterocycles. The van der Waals surface area contributed by atoms with Gasteiger partial charge in [-0.1, -0.05) is 18.2 Å². The molecule has 3 amide bonds. The van der Waals surface area contributed by atoms with Crippen LogP contribution in [0.25, 0.3) is 0 Å². The van der Waals surface area contributed by atoms with Crippen LogP contribution in [-0.2, 0) is 0 Å². The second-order valence-electron chi connectivity index (χ2n) is 6.77. The molecule has 7 heteroatoms. The third kappa shape index (κ3) is 3.52. The van der Waals surface area contributed by atoms with Crippen molar-refractivity contribution >= 4 is 29.1 Å². The predicted octanol–water partition coefficient (Wildman–Crippen LogP) is 2.19. The SMILES string of the molecule is O=C(c1cccs1)N1CCN(CCCN2C(=O)c3ccccc3C2=O)CC1. The van der Waals surface area contributed by atoms with Gasteiger partial charge in [-0.2, -0.15) is 0 Å². The van der Waals surface area contributed by atoms with Crippen molar-refractivity contribution in [2.45, 2.75) is 6.42 Å². The summed E-state index contributed by atoms with van der Waals surface area (Å²) in [6, 6.07) is 10.7. The Bertz CT molecular complexity index is 822. The van der Waals surface area contributed by atoms with Crippen LogP contribution in [-0.4, -0.2) is 71.7 Å². The molecule has 0 radical (unpaired) electrons. The van der Waals surface area contributed by atoms with E-state index in [9.17, 15) is 14.4 Å². The zero-order valence-electron chi connectivity index (χ0n) is 15.0. The van der Waals surface area contributed by atoms with E-state index >= 15 is 0 Å². The van der Waals surface area contributed by atoms with E-state index in [0.29, 0.717) is 30.8 Å². The average molecular weight is 383 g/mol. The normalized spacial score (nSPS) is 17.5. The summed E-state index contributed by atoms with van der Waals surface area (Å²) < 4.78 is 0. The zero-order valence-corrected chi connectivity index (χ0v) is 15.8. The lowest BCUT2D eigenvalue weighted by molar-refractivity contribution is 0.0598. The van der Waals surface area contributed by atoms with E-state index in [4.69, 9.17) is 0 Å². The van der Waals surface area contributed by atoms with Crippen LogP contribution in [0.5, 0.6) is 0 Å². The molecule has 1 fully saturated rings. The average Bonchev–Trinajstić information content (AvgIpc) is 3.32. The predicted molar refractivity (Wildman–Crippen MR) is 103 cm³/mol. The van der Waals surface area contributed by atoms with Crippen molar-refractivity contribution in [1.82, 2.24) is 14.7 Å². The summed E-state index contributed by atoms with van der Waals surface area (Å²) >= 11 is 1.47. The highest BCUT2D eigenvalue weighted by molar-refractivity contribution is 7.12. The zero-order chi connectivity index (χ0) is 18.8. The number of carbonyl (C=O) groups is 3. The second kappa shape index (κ2) is 7.62. The van der Waals surface area contributed by atoms with Gasteiger partial charge in [-0.05, 0) is 36.5 Å². The first-order valence-corrected chi connectivity index (χ1v) is 10.0. The number of rotatable bonds is 5. The highest BCUT2D eigenvalue weighted by Gasteiger charge is 2.34. The Balaban J connectivity index is 1.24. The Hall–Kier alpha value is -2.51. The molecule has 0 atom stereocenters. The molecule has 0 N–H and O–H groups in total. The number of piperazine rings is 1. The van der Waals surface area contributed by atoms with Crippen molar-refractivity contribution < 1.29 is 14.4 Å². The molecule has 1 aromatic carbocycles. The van der Waals surface area contributed by atoms with Gasteiger partial charge in [0.25, 0.3) is 17.7 Å². The third-order valence-corrected chi connectivity index (χ3v) is 5.98. The van der Waals surface area contributed by atoms with E-state index in [1.165, 1.54) is 16.2 Å². The van der Waals surface area contributed by atoms with Crippen LogP contribution >= 0.6 is 11.3 Å². The van der Waals surface area contributed by atoms with Gasteiger partial charge in [-0.25, -0.2) is 0 Å². The lowest BCUT2D eigenvalue weighted by atomic mass is 10.1. The largest absolute Gasteiger partial charge is 0.335 e. The van der Waals surface area contributed by atoms with E-state index in [-0.39, 0.29) is 17.7 Å². The fourth-order valence-electron chi connectivity index (χ4n) is 3.63. The number of hydrogen-bond acceptors (Lipinski definition) is 5. The first-order valence-electron chi connectivity index (χ1n) is 9.15. The van der Waals surface area contributed by atoms with Gasteiger partial charge in [0.05, 0.1) is 16.0 Å². The molecule has 2 aromatic rings. The van der Waals surface area contributed by atoms with Crippen LogP contribution in [0.4, 0.5) is 0 Å². The molecule has 2 aliphatic rings. The maximum atomic E-state index is 12.4. The van der Waals surface area contributed by atoms with Crippen LogP contribution in [0.15, 0.2) is 41.8 Å². The van der Waals surface area contributed by atoms with E-state index < -0.39 is 0 Å². The maximum absolute atomic E-state index is 12.4. The number of thiophene rings is 1. The minimum absolute atomic E-state index is 0.107. The minimum atomic E-state index is -0.193. The van der Waals surface area contributed by atoms with Crippen LogP contribution in [0, 0.1) is 0 Å². The van der Waals surface area contributed by atoms with Crippen LogP contribution in [0.1, 0.15) is 36.8 Å². The quantitative estimate of drug-likeness (QED) is 0.743.